The summed E-state index contributed by atoms with van der Waals surface area (Å²) in [5, 5.41) is 6.60. The van der Waals surface area contributed by atoms with Crippen molar-refractivity contribution in [2.45, 2.75) is 37.5 Å². The smallest absolute Gasteiger partial charge is 0.232 e. The maximum absolute atomic E-state index is 11.5. The quantitative estimate of drug-likeness (QED) is 0.847. The van der Waals surface area contributed by atoms with Crippen molar-refractivity contribution in [2.75, 3.05) is 24.3 Å². The van der Waals surface area contributed by atoms with Gasteiger partial charge in [-0.25, -0.2) is 8.42 Å². The molecule has 0 saturated carbocycles. The molecule has 0 spiro atoms. The fourth-order valence-electron chi connectivity index (χ4n) is 2.08. The summed E-state index contributed by atoms with van der Waals surface area (Å²) >= 11 is 1.85. The molecular weight excluding hydrogens is 298 g/mol. The lowest BCUT2D eigenvalue weighted by Crippen LogP contribution is -2.34. The second-order valence-corrected chi connectivity index (χ2v) is 8.61. The number of rotatable bonds is 6. The Balaban J connectivity index is 2.12. The van der Waals surface area contributed by atoms with Gasteiger partial charge in [-0.1, -0.05) is 12.1 Å². The largest absolute Gasteiger partial charge is 0.339 e. The zero-order valence-corrected chi connectivity index (χ0v) is 13.6. The molecule has 6 nitrogen and oxygen atoms in total. The Bertz CT molecular complexity index is 544. The van der Waals surface area contributed by atoms with Crippen molar-refractivity contribution in [2.24, 2.45) is 0 Å². The lowest BCUT2D eigenvalue weighted by Gasteiger charge is -2.16. The third-order valence-corrected chi connectivity index (χ3v) is 6.20. The van der Waals surface area contributed by atoms with E-state index in [0.717, 1.165) is 24.5 Å². The minimum atomic E-state index is -3.20. The maximum Gasteiger partial charge on any atom is 0.232 e. The van der Waals surface area contributed by atoms with Gasteiger partial charge in [0.2, 0.25) is 5.89 Å². The topological polar surface area (TPSA) is 85.1 Å². The second kappa shape index (κ2) is 6.44. The van der Waals surface area contributed by atoms with Gasteiger partial charge in [-0.2, -0.15) is 16.7 Å². The van der Waals surface area contributed by atoms with Gasteiger partial charge in [-0.3, -0.25) is 0 Å². The minimum Gasteiger partial charge on any atom is -0.339 e. The Morgan fingerprint density at radius 2 is 2.25 bits per heavy atom. The van der Waals surface area contributed by atoms with E-state index < -0.39 is 15.1 Å². The normalized spacial score (nSPS) is 24.9. The van der Waals surface area contributed by atoms with Crippen molar-refractivity contribution < 1.29 is 12.9 Å². The van der Waals surface area contributed by atoms with Crippen molar-refractivity contribution in [3.63, 3.8) is 0 Å². The van der Waals surface area contributed by atoms with Crippen LogP contribution in [-0.2, 0) is 9.84 Å². The zero-order valence-electron chi connectivity index (χ0n) is 12.0. The predicted octanol–water partition coefficient (Wildman–Crippen LogP) is 1.37. The number of nitrogens with one attached hydrogen (secondary N) is 1. The molecule has 3 atom stereocenters. The molecule has 0 radical (unpaired) electrons. The highest BCUT2D eigenvalue weighted by Crippen LogP contribution is 2.32. The summed E-state index contributed by atoms with van der Waals surface area (Å²) < 4.78 is 28.4. The Morgan fingerprint density at radius 1 is 1.50 bits per heavy atom. The Kier molecular flexibility index (Phi) is 5.09. The van der Waals surface area contributed by atoms with Crippen molar-refractivity contribution in [1.82, 2.24) is 15.5 Å². The van der Waals surface area contributed by atoms with Gasteiger partial charge < -0.3 is 9.84 Å². The van der Waals surface area contributed by atoms with Crippen molar-refractivity contribution >= 4 is 21.6 Å². The van der Waals surface area contributed by atoms with Crippen LogP contribution in [0.4, 0.5) is 0 Å². The molecule has 0 aromatic carbocycles. The van der Waals surface area contributed by atoms with Crippen molar-refractivity contribution in [3.05, 3.63) is 11.7 Å². The van der Waals surface area contributed by atoms with Gasteiger partial charge in [-0.05, 0) is 19.9 Å². The fourth-order valence-corrected chi connectivity index (χ4v) is 3.93. The van der Waals surface area contributed by atoms with Gasteiger partial charge >= 0.3 is 0 Å². The summed E-state index contributed by atoms with van der Waals surface area (Å²) in [6, 6.07) is 0.321. The first-order valence-corrected chi connectivity index (χ1v) is 9.88. The van der Waals surface area contributed by atoms with Crippen LogP contribution in [0.15, 0.2) is 4.52 Å². The zero-order chi connectivity index (χ0) is 14.8. The van der Waals surface area contributed by atoms with E-state index in [1.807, 2.05) is 11.8 Å². The lowest BCUT2D eigenvalue weighted by molar-refractivity contribution is 0.336. The number of aromatic nitrogens is 2. The van der Waals surface area contributed by atoms with Crippen LogP contribution in [0.1, 0.15) is 43.2 Å². The Morgan fingerprint density at radius 3 is 2.90 bits per heavy atom. The lowest BCUT2D eigenvalue weighted by atomic mass is 10.0. The number of hydrogen-bond donors (Lipinski definition) is 1. The average Bonchev–Trinajstić information content (AvgIpc) is 3.02. The van der Waals surface area contributed by atoms with E-state index in [1.165, 1.54) is 6.26 Å². The highest BCUT2D eigenvalue weighted by molar-refractivity contribution is 7.99. The molecule has 114 valence electrons. The summed E-state index contributed by atoms with van der Waals surface area (Å²) in [5.41, 5.74) is 0. The molecule has 1 N–H and O–H groups in total. The molecule has 0 amide bonds. The predicted molar refractivity (Wildman–Crippen MR) is 79.7 cm³/mol. The molecule has 8 heteroatoms. The molecule has 2 rings (SSSR count). The SMILES string of the molecule is CCCNC1CSCC1c1nc(C(C)S(C)(=O)=O)no1. The fraction of sp³-hybridized carbons (Fsp3) is 0.833. The highest BCUT2D eigenvalue weighted by Gasteiger charge is 2.34. The first kappa shape index (κ1) is 15.8. The van der Waals surface area contributed by atoms with E-state index in [0.29, 0.717) is 11.9 Å². The standard InChI is InChI=1S/C12H21N3O3S2/c1-4-5-13-10-7-19-6-9(10)12-14-11(15-18-12)8(2)20(3,16)17/h8-10,13H,4-7H2,1-3H3. The molecular formula is C12H21N3O3S2. The first-order chi connectivity index (χ1) is 9.43. The van der Waals surface area contributed by atoms with Crippen LogP contribution >= 0.6 is 11.8 Å². The monoisotopic (exact) mass is 319 g/mol. The van der Waals surface area contributed by atoms with Crippen LogP contribution < -0.4 is 5.32 Å². The van der Waals surface area contributed by atoms with Gasteiger partial charge in [0.15, 0.2) is 15.7 Å². The van der Waals surface area contributed by atoms with Gasteiger partial charge in [0, 0.05) is 23.8 Å². The Hall–Kier alpha value is -0.600. The number of hydrogen-bond acceptors (Lipinski definition) is 7. The van der Waals surface area contributed by atoms with Crippen LogP contribution in [0, 0.1) is 0 Å². The van der Waals surface area contributed by atoms with E-state index in [2.05, 4.69) is 22.4 Å². The number of sulfone groups is 1. The third-order valence-electron chi connectivity index (χ3n) is 3.52. The van der Waals surface area contributed by atoms with Crippen LogP contribution in [0.25, 0.3) is 0 Å². The van der Waals surface area contributed by atoms with E-state index in [1.54, 1.807) is 6.92 Å². The molecule has 20 heavy (non-hydrogen) atoms. The molecule has 1 saturated heterocycles. The summed E-state index contributed by atoms with van der Waals surface area (Å²) in [5.74, 6) is 2.92. The molecule has 1 aliphatic heterocycles. The van der Waals surface area contributed by atoms with E-state index >= 15 is 0 Å². The van der Waals surface area contributed by atoms with Crippen molar-refractivity contribution in [3.8, 4) is 0 Å². The van der Waals surface area contributed by atoms with Gasteiger partial charge in [0.05, 0.1) is 5.92 Å². The highest BCUT2D eigenvalue weighted by atomic mass is 32.2. The summed E-state index contributed by atoms with van der Waals surface area (Å²) in [6.07, 6.45) is 2.26. The summed E-state index contributed by atoms with van der Waals surface area (Å²) in [4.78, 5) is 4.31. The third kappa shape index (κ3) is 3.53. The van der Waals surface area contributed by atoms with Crippen LogP contribution in [0.5, 0.6) is 0 Å². The van der Waals surface area contributed by atoms with Gasteiger partial charge in [0.1, 0.15) is 5.25 Å². The molecule has 1 aliphatic rings. The van der Waals surface area contributed by atoms with E-state index in [4.69, 9.17) is 4.52 Å². The molecule has 3 unspecified atom stereocenters. The summed E-state index contributed by atoms with van der Waals surface area (Å²) in [7, 11) is -3.20. The maximum atomic E-state index is 11.5. The molecule has 1 aromatic rings. The second-order valence-electron chi connectivity index (χ2n) is 5.17. The van der Waals surface area contributed by atoms with E-state index in [-0.39, 0.29) is 11.7 Å². The van der Waals surface area contributed by atoms with Crippen LogP contribution in [0.2, 0.25) is 0 Å². The van der Waals surface area contributed by atoms with Crippen molar-refractivity contribution in [1.29, 1.82) is 0 Å². The molecule has 2 heterocycles. The average molecular weight is 319 g/mol. The van der Waals surface area contributed by atoms with Gasteiger partial charge in [0.25, 0.3) is 0 Å². The molecule has 0 bridgehead atoms. The number of thioether (sulfide) groups is 1. The molecule has 0 aliphatic carbocycles. The van der Waals surface area contributed by atoms with Crippen LogP contribution in [0.3, 0.4) is 0 Å². The van der Waals surface area contributed by atoms with Crippen LogP contribution in [-0.4, -0.2) is 48.9 Å². The minimum absolute atomic E-state index is 0.166. The molecule has 1 aromatic heterocycles. The molecule has 1 fully saturated rings. The van der Waals surface area contributed by atoms with E-state index in [9.17, 15) is 8.42 Å². The first-order valence-electron chi connectivity index (χ1n) is 6.77. The Labute approximate surface area is 124 Å². The number of nitrogens with zero attached hydrogens (tertiary/aromatic N) is 2. The summed E-state index contributed by atoms with van der Waals surface area (Å²) in [6.45, 7) is 4.67. The van der Waals surface area contributed by atoms with Gasteiger partial charge in [-0.15, -0.1) is 0 Å².